The molecule has 0 aliphatic heterocycles. The number of furan rings is 1. The lowest BCUT2D eigenvalue weighted by molar-refractivity contribution is -0.384. The van der Waals surface area contributed by atoms with Gasteiger partial charge in [0.25, 0.3) is 5.69 Å². The molecule has 2 N–H and O–H groups in total. The lowest BCUT2D eigenvalue weighted by Crippen LogP contribution is -2.34. The van der Waals surface area contributed by atoms with Crippen LogP contribution in [-0.2, 0) is 4.74 Å². The number of nitrogens with one attached hydrogen (secondary N) is 2. The molecular formula is C15H17N3O5. The number of nitro groups is 1. The highest BCUT2D eigenvalue weighted by atomic mass is 16.6. The molecule has 2 amide bonds. The smallest absolute Gasteiger partial charge is 0.319 e. The van der Waals surface area contributed by atoms with E-state index >= 15 is 0 Å². The number of urea groups is 1. The zero-order valence-corrected chi connectivity index (χ0v) is 12.7. The summed E-state index contributed by atoms with van der Waals surface area (Å²) in [5.74, 6) is 0.572. The van der Waals surface area contributed by atoms with E-state index in [0.29, 0.717) is 17.0 Å². The van der Waals surface area contributed by atoms with Crippen LogP contribution in [0.3, 0.4) is 0 Å². The third-order valence-corrected chi connectivity index (χ3v) is 3.19. The number of carbonyl (C=O) groups is 1. The Bertz CT molecular complexity index is 684. The van der Waals surface area contributed by atoms with Crippen molar-refractivity contribution in [2.75, 3.05) is 19.0 Å². The molecule has 2 rings (SSSR count). The van der Waals surface area contributed by atoms with Crippen LogP contribution in [0.1, 0.15) is 17.4 Å². The molecular weight excluding hydrogens is 302 g/mol. The van der Waals surface area contributed by atoms with Gasteiger partial charge in [0, 0.05) is 24.9 Å². The quantitative estimate of drug-likeness (QED) is 0.628. The first-order chi connectivity index (χ1) is 11.0. The van der Waals surface area contributed by atoms with Crippen LogP contribution < -0.4 is 10.6 Å². The van der Waals surface area contributed by atoms with Gasteiger partial charge in [-0.25, -0.2) is 4.79 Å². The van der Waals surface area contributed by atoms with Crippen LogP contribution in [0.25, 0.3) is 0 Å². The summed E-state index contributed by atoms with van der Waals surface area (Å²) in [6.45, 7) is 1.93. The molecule has 8 heteroatoms. The number of hydrogen-bond acceptors (Lipinski definition) is 5. The molecule has 0 spiro atoms. The Kier molecular flexibility index (Phi) is 5.32. The number of ether oxygens (including phenoxy) is 1. The molecule has 0 saturated carbocycles. The summed E-state index contributed by atoms with van der Waals surface area (Å²) in [7, 11) is 1.52. The monoisotopic (exact) mass is 319 g/mol. The van der Waals surface area contributed by atoms with Crippen molar-refractivity contribution in [3.8, 4) is 0 Å². The summed E-state index contributed by atoms with van der Waals surface area (Å²) in [6, 6.07) is 6.79. The van der Waals surface area contributed by atoms with Crippen LogP contribution in [0.2, 0.25) is 0 Å². The number of aryl methyl sites for hydroxylation is 1. The Labute approximate surface area is 132 Å². The standard InChI is InChI=1S/C15H17N3O5/c1-10-8-11(18(20)21)5-6-12(10)16-15(19)17-13(9-22-2)14-4-3-7-23-14/h3-8,13H,9H2,1-2H3,(H2,16,17,19)/t13-/m1/s1. The van der Waals surface area contributed by atoms with Crippen molar-refractivity contribution in [1.82, 2.24) is 5.32 Å². The van der Waals surface area contributed by atoms with Gasteiger partial charge in [-0.05, 0) is 30.7 Å². The predicted octanol–water partition coefficient (Wildman–Crippen LogP) is 3.01. The van der Waals surface area contributed by atoms with Crippen molar-refractivity contribution in [1.29, 1.82) is 0 Å². The lowest BCUT2D eigenvalue weighted by atomic mass is 10.2. The van der Waals surface area contributed by atoms with Crippen molar-refractivity contribution >= 4 is 17.4 Å². The van der Waals surface area contributed by atoms with Crippen LogP contribution in [0, 0.1) is 17.0 Å². The highest BCUT2D eigenvalue weighted by molar-refractivity contribution is 5.90. The summed E-state index contributed by atoms with van der Waals surface area (Å²) in [4.78, 5) is 22.3. The fourth-order valence-corrected chi connectivity index (χ4v) is 2.07. The van der Waals surface area contributed by atoms with Crippen molar-refractivity contribution in [3.05, 3.63) is 58.0 Å². The topological polar surface area (TPSA) is 107 Å². The van der Waals surface area contributed by atoms with Crippen LogP contribution in [-0.4, -0.2) is 24.7 Å². The molecule has 0 unspecified atom stereocenters. The van der Waals surface area contributed by atoms with E-state index < -0.39 is 17.0 Å². The van der Waals surface area contributed by atoms with Gasteiger partial charge >= 0.3 is 6.03 Å². The zero-order chi connectivity index (χ0) is 16.8. The Hall–Kier alpha value is -2.87. The molecule has 0 fully saturated rings. The maximum atomic E-state index is 12.1. The average molecular weight is 319 g/mol. The number of amides is 2. The molecule has 0 aliphatic rings. The fourth-order valence-electron chi connectivity index (χ4n) is 2.07. The van der Waals surface area contributed by atoms with Gasteiger partial charge in [0.15, 0.2) is 0 Å². The van der Waals surface area contributed by atoms with Crippen molar-refractivity contribution in [2.45, 2.75) is 13.0 Å². The third-order valence-electron chi connectivity index (χ3n) is 3.19. The SMILES string of the molecule is COC[C@@H](NC(=O)Nc1ccc([N+](=O)[O-])cc1C)c1ccco1. The number of non-ortho nitro benzene ring substituents is 1. The predicted molar refractivity (Wildman–Crippen MR) is 83.3 cm³/mol. The number of rotatable bonds is 6. The minimum atomic E-state index is -0.484. The second-order valence-corrected chi connectivity index (χ2v) is 4.88. The highest BCUT2D eigenvalue weighted by Crippen LogP contribution is 2.21. The molecule has 8 nitrogen and oxygen atoms in total. The van der Waals surface area contributed by atoms with Crippen LogP contribution >= 0.6 is 0 Å². The van der Waals surface area contributed by atoms with Gasteiger partial charge in [0.2, 0.25) is 0 Å². The van der Waals surface area contributed by atoms with E-state index in [4.69, 9.17) is 9.15 Å². The van der Waals surface area contributed by atoms with Gasteiger partial charge in [-0.2, -0.15) is 0 Å². The van der Waals surface area contributed by atoms with E-state index in [1.165, 1.54) is 31.6 Å². The second-order valence-electron chi connectivity index (χ2n) is 4.88. The van der Waals surface area contributed by atoms with E-state index in [-0.39, 0.29) is 12.3 Å². The molecule has 0 bridgehead atoms. The summed E-state index contributed by atoms with van der Waals surface area (Å²) in [6.07, 6.45) is 1.51. The minimum absolute atomic E-state index is 0.0266. The molecule has 122 valence electrons. The summed E-state index contributed by atoms with van der Waals surface area (Å²) in [5.41, 5.74) is 1.06. The molecule has 1 aromatic carbocycles. The molecule has 0 radical (unpaired) electrons. The first-order valence-corrected chi connectivity index (χ1v) is 6.86. The third kappa shape index (κ3) is 4.30. The number of carbonyl (C=O) groups excluding carboxylic acids is 1. The number of benzene rings is 1. The lowest BCUT2D eigenvalue weighted by Gasteiger charge is -2.17. The Morgan fingerprint density at radius 2 is 2.22 bits per heavy atom. The van der Waals surface area contributed by atoms with Crippen molar-refractivity contribution < 1.29 is 18.9 Å². The number of methoxy groups -OCH3 is 1. The number of nitro benzene ring substituents is 1. The summed E-state index contributed by atoms with van der Waals surface area (Å²) >= 11 is 0. The number of anilines is 1. The molecule has 1 aromatic heterocycles. The maximum Gasteiger partial charge on any atom is 0.319 e. The van der Waals surface area contributed by atoms with Gasteiger partial charge in [-0.15, -0.1) is 0 Å². The number of hydrogen-bond donors (Lipinski definition) is 2. The first kappa shape index (κ1) is 16.5. The van der Waals surface area contributed by atoms with E-state index in [1.807, 2.05) is 0 Å². The normalized spacial score (nSPS) is 11.7. The molecule has 23 heavy (non-hydrogen) atoms. The van der Waals surface area contributed by atoms with Gasteiger partial charge in [0.05, 0.1) is 17.8 Å². The van der Waals surface area contributed by atoms with E-state index in [1.54, 1.807) is 19.1 Å². The van der Waals surface area contributed by atoms with Crippen molar-refractivity contribution in [2.24, 2.45) is 0 Å². The highest BCUT2D eigenvalue weighted by Gasteiger charge is 2.18. The van der Waals surface area contributed by atoms with Gasteiger partial charge in [0.1, 0.15) is 11.8 Å². The summed E-state index contributed by atoms with van der Waals surface area (Å²) < 4.78 is 10.3. The first-order valence-electron chi connectivity index (χ1n) is 6.86. The molecule has 2 aromatic rings. The molecule has 1 atom stereocenters. The van der Waals surface area contributed by atoms with E-state index in [2.05, 4.69) is 10.6 Å². The van der Waals surface area contributed by atoms with Crippen LogP contribution in [0.5, 0.6) is 0 Å². The molecule has 1 heterocycles. The van der Waals surface area contributed by atoms with E-state index in [0.717, 1.165) is 0 Å². The summed E-state index contributed by atoms with van der Waals surface area (Å²) in [5, 5.41) is 16.1. The maximum absolute atomic E-state index is 12.1. The van der Waals surface area contributed by atoms with Crippen LogP contribution in [0.15, 0.2) is 41.0 Å². The van der Waals surface area contributed by atoms with Gasteiger partial charge < -0.3 is 19.8 Å². The second kappa shape index (κ2) is 7.41. The van der Waals surface area contributed by atoms with Crippen molar-refractivity contribution in [3.63, 3.8) is 0 Å². The van der Waals surface area contributed by atoms with Crippen LogP contribution in [0.4, 0.5) is 16.2 Å². The van der Waals surface area contributed by atoms with E-state index in [9.17, 15) is 14.9 Å². The Balaban J connectivity index is 2.05. The molecule has 0 saturated heterocycles. The zero-order valence-electron chi connectivity index (χ0n) is 12.7. The average Bonchev–Trinajstić information content (AvgIpc) is 3.03. The van der Waals surface area contributed by atoms with Gasteiger partial charge in [-0.1, -0.05) is 0 Å². The molecule has 0 aliphatic carbocycles. The fraction of sp³-hybridized carbons (Fsp3) is 0.267. The van der Waals surface area contributed by atoms with Gasteiger partial charge in [-0.3, -0.25) is 10.1 Å². The Morgan fingerprint density at radius 3 is 2.78 bits per heavy atom. The Morgan fingerprint density at radius 1 is 1.43 bits per heavy atom. The largest absolute Gasteiger partial charge is 0.467 e. The number of nitrogens with zero attached hydrogens (tertiary/aromatic N) is 1. The minimum Gasteiger partial charge on any atom is -0.467 e.